The van der Waals surface area contributed by atoms with Gasteiger partial charge in [-0.25, -0.2) is 14.2 Å². The molecule has 9 heteroatoms. The number of alkyl halides is 3. The summed E-state index contributed by atoms with van der Waals surface area (Å²) in [7, 11) is 0. The van der Waals surface area contributed by atoms with Gasteiger partial charge in [0.15, 0.2) is 0 Å². The van der Waals surface area contributed by atoms with Crippen molar-refractivity contribution in [1.82, 2.24) is 14.1 Å². The molecule has 0 spiro atoms. The van der Waals surface area contributed by atoms with E-state index in [4.69, 9.17) is 0 Å². The Balaban J connectivity index is 2.09. The lowest BCUT2D eigenvalue weighted by atomic mass is 10.2. The second-order valence-corrected chi connectivity index (χ2v) is 7.99. The summed E-state index contributed by atoms with van der Waals surface area (Å²) >= 11 is 0. The molecule has 1 heterocycles. The lowest BCUT2D eigenvalue weighted by Crippen LogP contribution is -2.43. The number of anilines is 2. The van der Waals surface area contributed by atoms with Crippen LogP contribution in [0.4, 0.5) is 24.8 Å². The Morgan fingerprint density at radius 2 is 1.74 bits per heavy atom. The lowest BCUT2D eigenvalue weighted by Gasteiger charge is -2.16. The normalized spacial score (nSPS) is 12.5. The summed E-state index contributed by atoms with van der Waals surface area (Å²) in [5.41, 5.74) is 0.127. The first kappa shape index (κ1) is 25.5. The molecule has 0 saturated carbocycles. The molecule has 182 valence electrons. The van der Waals surface area contributed by atoms with Gasteiger partial charge in [-0.3, -0.25) is 4.57 Å². The summed E-state index contributed by atoms with van der Waals surface area (Å²) in [5.74, 6) is -0.152. The lowest BCUT2D eigenvalue weighted by molar-refractivity contribution is -0.137. The van der Waals surface area contributed by atoms with Crippen molar-refractivity contribution in [2.75, 3.05) is 5.32 Å². The van der Waals surface area contributed by atoms with Crippen molar-refractivity contribution >= 4 is 11.6 Å². The van der Waals surface area contributed by atoms with Gasteiger partial charge >= 0.3 is 17.6 Å². The van der Waals surface area contributed by atoms with Crippen LogP contribution < -0.4 is 16.7 Å². The summed E-state index contributed by atoms with van der Waals surface area (Å²) in [6.45, 7) is 7.42. The van der Waals surface area contributed by atoms with Crippen molar-refractivity contribution in [3.63, 3.8) is 0 Å². The standard InChI is InChI=1S/C26H25F3N4O2/c1-4-18(2)13-14-19(3)16-32-23(30-22-12-8-11-21(15-22)26(27,28)29)31-24(34)33(25(32)35)17-20-9-6-5-7-10-20/h4-15H,1,16-17H2,2-3H3,(H,30,31,34)/b18-13-,19-14+. The molecule has 0 aliphatic rings. The molecule has 0 radical (unpaired) electrons. The summed E-state index contributed by atoms with van der Waals surface area (Å²) < 4.78 is 41.7. The third kappa shape index (κ3) is 6.69. The van der Waals surface area contributed by atoms with Crippen molar-refractivity contribution in [3.8, 4) is 0 Å². The van der Waals surface area contributed by atoms with Gasteiger partial charge in [0.1, 0.15) is 0 Å². The third-order valence-electron chi connectivity index (χ3n) is 5.14. The summed E-state index contributed by atoms with van der Waals surface area (Å²) in [6, 6.07) is 13.4. The highest BCUT2D eigenvalue weighted by Gasteiger charge is 2.30. The smallest absolute Gasteiger partial charge is 0.325 e. The average molecular weight is 483 g/mol. The minimum atomic E-state index is -4.54. The van der Waals surface area contributed by atoms with Crippen LogP contribution in [0, 0.1) is 0 Å². The second kappa shape index (κ2) is 10.9. The third-order valence-corrected chi connectivity index (χ3v) is 5.14. The van der Waals surface area contributed by atoms with E-state index in [9.17, 15) is 22.8 Å². The van der Waals surface area contributed by atoms with Gasteiger partial charge in [-0.2, -0.15) is 18.2 Å². The zero-order valence-corrected chi connectivity index (χ0v) is 19.3. The minimum Gasteiger partial charge on any atom is -0.325 e. The predicted octanol–water partition coefficient (Wildman–Crippen LogP) is 5.29. The Kier molecular flexibility index (Phi) is 7.91. The van der Waals surface area contributed by atoms with E-state index >= 15 is 0 Å². The van der Waals surface area contributed by atoms with E-state index in [0.717, 1.165) is 33.4 Å². The van der Waals surface area contributed by atoms with Crippen LogP contribution in [0.15, 0.2) is 100 Å². The van der Waals surface area contributed by atoms with Gasteiger partial charge in [-0.1, -0.05) is 72.4 Å². The monoisotopic (exact) mass is 482 g/mol. The van der Waals surface area contributed by atoms with E-state index in [-0.39, 0.29) is 24.7 Å². The largest absolute Gasteiger partial charge is 0.416 e. The number of allylic oxidation sites excluding steroid dienone is 5. The fraction of sp³-hybridized carbons (Fsp3) is 0.192. The maximum absolute atomic E-state index is 13.4. The van der Waals surface area contributed by atoms with Gasteiger partial charge in [0.2, 0.25) is 5.95 Å². The van der Waals surface area contributed by atoms with E-state index in [0.29, 0.717) is 0 Å². The molecular weight excluding hydrogens is 457 g/mol. The van der Waals surface area contributed by atoms with E-state index < -0.39 is 23.1 Å². The van der Waals surface area contributed by atoms with Crippen molar-refractivity contribution in [1.29, 1.82) is 0 Å². The van der Waals surface area contributed by atoms with Crippen LogP contribution in [0.2, 0.25) is 0 Å². The SMILES string of the molecule is C=C/C(C)=C\C=C(/C)Cn1c(Nc2cccc(C(F)(F)F)c2)nc(=O)n(Cc2ccccc2)c1=O. The number of hydrogen-bond donors (Lipinski definition) is 1. The van der Waals surface area contributed by atoms with E-state index in [1.165, 1.54) is 16.7 Å². The highest BCUT2D eigenvalue weighted by atomic mass is 19.4. The molecule has 0 aliphatic heterocycles. The van der Waals surface area contributed by atoms with Crippen molar-refractivity contribution in [3.05, 3.63) is 123 Å². The molecule has 0 atom stereocenters. The number of aromatic nitrogens is 3. The van der Waals surface area contributed by atoms with Gasteiger partial charge < -0.3 is 5.32 Å². The number of rotatable bonds is 8. The van der Waals surface area contributed by atoms with Gasteiger partial charge in [-0.05, 0) is 37.6 Å². The first-order valence-electron chi connectivity index (χ1n) is 10.7. The van der Waals surface area contributed by atoms with Crippen LogP contribution in [0.1, 0.15) is 25.0 Å². The minimum absolute atomic E-state index is 0.00752. The zero-order valence-electron chi connectivity index (χ0n) is 19.3. The Morgan fingerprint density at radius 1 is 1.03 bits per heavy atom. The van der Waals surface area contributed by atoms with Crippen LogP contribution in [0.3, 0.4) is 0 Å². The van der Waals surface area contributed by atoms with Crippen LogP contribution >= 0.6 is 0 Å². The highest BCUT2D eigenvalue weighted by Crippen LogP contribution is 2.31. The van der Waals surface area contributed by atoms with Crippen molar-refractivity contribution < 1.29 is 13.2 Å². The summed E-state index contributed by atoms with van der Waals surface area (Å²) in [5, 5.41) is 2.72. The van der Waals surface area contributed by atoms with Crippen LogP contribution in [-0.4, -0.2) is 14.1 Å². The van der Waals surface area contributed by atoms with Crippen molar-refractivity contribution in [2.45, 2.75) is 33.1 Å². The molecule has 0 aliphatic carbocycles. The molecule has 3 rings (SSSR count). The number of benzene rings is 2. The van der Waals surface area contributed by atoms with E-state index in [1.807, 2.05) is 19.1 Å². The molecule has 6 nitrogen and oxygen atoms in total. The maximum Gasteiger partial charge on any atom is 0.416 e. The van der Waals surface area contributed by atoms with Crippen LogP contribution in [-0.2, 0) is 19.3 Å². The average Bonchev–Trinajstić information content (AvgIpc) is 2.83. The summed E-state index contributed by atoms with van der Waals surface area (Å²) in [4.78, 5) is 30.1. The molecule has 1 aromatic heterocycles. The first-order valence-corrected chi connectivity index (χ1v) is 10.7. The number of nitrogens with zero attached hydrogens (tertiary/aromatic N) is 3. The van der Waals surface area contributed by atoms with Crippen LogP contribution in [0.5, 0.6) is 0 Å². The number of nitrogens with one attached hydrogen (secondary N) is 1. The molecule has 35 heavy (non-hydrogen) atoms. The fourth-order valence-corrected chi connectivity index (χ4v) is 3.21. The predicted molar refractivity (Wildman–Crippen MR) is 131 cm³/mol. The molecule has 2 aromatic carbocycles. The molecule has 0 bridgehead atoms. The molecule has 0 saturated heterocycles. The fourth-order valence-electron chi connectivity index (χ4n) is 3.21. The van der Waals surface area contributed by atoms with Gasteiger partial charge in [0.05, 0.1) is 18.7 Å². The Morgan fingerprint density at radius 3 is 2.40 bits per heavy atom. The van der Waals surface area contributed by atoms with Gasteiger partial charge in [0, 0.05) is 5.69 Å². The van der Waals surface area contributed by atoms with Crippen molar-refractivity contribution in [2.24, 2.45) is 0 Å². The molecule has 0 fully saturated rings. The number of hydrogen-bond acceptors (Lipinski definition) is 4. The zero-order chi connectivity index (χ0) is 25.6. The van der Waals surface area contributed by atoms with E-state index in [2.05, 4.69) is 16.9 Å². The molecular formula is C26H25F3N4O2. The molecule has 1 N–H and O–H groups in total. The Labute approximate surface area is 200 Å². The topological polar surface area (TPSA) is 68.9 Å². The maximum atomic E-state index is 13.4. The highest BCUT2D eigenvalue weighted by molar-refractivity contribution is 5.55. The second-order valence-electron chi connectivity index (χ2n) is 7.99. The summed E-state index contributed by atoms with van der Waals surface area (Å²) in [6.07, 6.45) is 0.752. The Hall–Kier alpha value is -4.14. The van der Waals surface area contributed by atoms with Gasteiger partial charge in [0.25, 0.3) is 0 Å². The van der Waals surface area contributed by atoms with E-state index in [1.54, 1.807) is 43.3 Å². The van der Waals surface area contributed by atoms with Gasteiger partial charge in [-0.15, -0.1) is 0 Å². The van der Waals surface area contributed by atoms with Crippen LogP contribution in [0.25, 0.3) is 0 Å². The number of halogens is 3. The molecule has 0 unspecified atom stereocenters. The quantitative estimate of drug-likeness (QED) is 0.443. The molecule has 3 aromatic rings. The first-order chi connectivity index (χ1) is 16.6. The Bertz CT molecular complexity index is 1380. The molecule has 0 amide bonds.